The number of aromatic amines is 1. The van der Waals surface area contributed by atoms with Crippen molar-refractivity contribution >= 4 is 5.91 Å². The van der Waals surface area contributed by atoms with Crippen molar-refractivity contribution in [1.29, 1.82) is 0 Å². The summed E-state index contributed by atoms with van der Waals surface area (Å²) in [5.74, 6) is 0.415. The van der Waals surface area contributed by atoms with Gasteiger partial charge in [-0.05, 0) is 25.1 Å². The molecule has 3 rings (SSSR count). The molecule has 2 aromatic rings. The van der Waals surface area contributed by atoms with Crippen molar-refractivity contribution in [2.24, 2.45) is 5.92 Å². The highest BCUT2D eigenvalue weighted by Crippen LogP contribution is 2.32. The number of aromatic nitrogens is 3. The second-order valence-electron chi connectivity index (χ2n) is 5.72. The lowest BCUT2D eigenvalue weighted by molar-refractivity contribution is 0.0769. The molecule has 1 aliphatic rings. The fraction of sp³-hybridized carbons (Fsp3) is 0.438. The van der Waals surface area contributed by atoms with E-state index in [2.05, 4.69) is 15.2 Å². The predicted molar refractivity (Wildman–Crippen MR) is 81.6 cm³/mol. The Morgan fingerprint density at radius 1 is 1.45 bits per heavy atom. The molecule has 1 amide bonds. The van der Waals surface area contributed by atoms with Gasteiger partial charge in [0.2, 0.25) is 0 Å². The molecular formula is C16H20N4O2. The quantitative estimate of drug-likeness (QED) is 0.931. The number of rotatable bonds is 4. The van der Waals surface area contributed by atoms with E-state index in [-0.39, 0.29) is 17.7 Å². The van der Waals surface area contributed by atoms with Crippen molar-refractivity contribution in [3.63, 3.8) is 0 Å². The zero-order valence-corrected chi connectivity index (χ0v) is 12.8. The zero-order chi connectivity index (χ0) is 15.5. The maximum Gasteiger partial charge on any atom is 0.274 e. The topological polar surface area (TPSA) is 71.1 Å². The number of pyridine rings is 1. The number of nitrogens with zero attached hydrogens (tertiary/aromatic N) is 3. The number of aryl methyl sites for hydroxylation is 1. The van der Waals surface area contributed by atoms with Gasteiger partial charge in [0, 0.05) is 49.6 Å². The Hall–Kier alpha value is -2.21. The molecule has 1 fully saturated rings. The molecule has 116 valence electrons. The van der Waals surface area contributed by atoms with Crippen molar-refractivity contribution in [1.82, 2.24) is 20.1 Å². The summed E-state index contributed by atoms with van der Waals surface area (Å²) in [6.45, 7) is 3.82. The molecule has 2 atom stereocenters. The third kappa shape index (κ3) is 2.87. The minimum Gasteiger partial charge on any atom is -0.384 e. The van der Waals surface area contributed by atoms with Gasteiger partial charge in [-0.3, -0.25) is 14.9 Å². The molecule has 3 heterocycles. The standard InChI is InChI=1S/C16H20N4O2/c1-11-7-15(19-18-11)16(21)20-8-12(10-22-2)13(9-20)14-5-3-4-6-17-14/h3-7,12-13H,8-10H2,1-2H3,(H,18,19)/t12-,13+/m0/s1. The van der Waals surface area contributed by atoms with E-state index in [1.54, 1.807) is 19.4 Å². The Morgan fingerprint density at radius 3 is 2.95 bits per heavy atom. The molecule has 22 heavy (non-hydrogen) atoms. The van der Waals surface area contributed by atoms with Crippen LogP contribution in [-0.2, 0) is 4.74 Å². The maximum absolute atomic E-state index is 12.6. The Labute approximate surface area is 129 Å². The third-order valence-corrected chi connectivity index (χ3v) is 4.10. The van der Waals surface area contributed by atoms with Crippen molar-refractivity contribution in [2.45, 2.75) is 12.8 Å². The minimum atomic E-state index is -0.0381. The van der Waals surface area contributed by atoms with Gasteiger partial charge < -0.3 is 9.64 Å². The zero-order valence-electron chi connectivity index (χ0n) is 12.8. The van der Waals surface area contributed by atoms with E-state index in [0.717, 1.165) is 11.4 Å². The second-order valence-corrected chi connectivity index (χ2v) is 5.72. The number of amides is 1. The van der Waals surface area contributed by atoms with Crippen LogP contribution in [0.5, 0.6) is 0 Å². The average Bonchev–Trinajstić information content (AvgIpc) is 3.15. The van der Waals surface area contributed by atoms with E-state index in [4.69, 9.17) is 4.74 Å². The maximum atomic E-state index is 12.6. The molecule has 2 aromatic heterocycles. The molecule has 0 unspecified atom stereocenters. The van der Waals surface area contributed by atoms with Crippen molar-refractivity contribution in [3.8, 4) is 0 Å². The lowest BCUT2D eigenvalue weighted by Gasteiger charge is -2.16. The number of H-pyrrole nitrogens is 1. The monoisotopic (exact) mass is 300 g/mol. The van der Waals surface area contributed by atoms with Crippen LogP contribution < -0.4 is 0 Å². The van der Waals surface area contributed by atoms with Gasteiger partial charge in [-0.1, -0.05) is 6.07 Å². The summed E-state index contributed by atoms with van der Waals surface area (Å²) in [5.41, 5.74) is 2.37. The number of carbonyl (C=O) groups is 1. The molecule has 0 spiro atoms. The molecule has 1 N–H and O–H groups in total. The Bertz CT molecular complexity index is 641. The SMILES string of the molecule is COC[C@@H]1CN(C(=O)c2cc(C)[nH]n2)C[C@H]1c1ccccn1. The van der Waals surface area contributed by atoms with Crippen molar-refractivity contribution < 1.29 is 9.53 Å². The molecule has 0 aliphatic carbocycles. The lowest BCUT2D eigenvalue weighted by atomic mass is 9.93. The van der Waals surface area contributed by atoms with E-state index in [1.165, 1.54) is 0 Å². The number of carbonyl (C=O) groups excluding carboxylic acids is 1. The first-order chi connectivity index (χ1) is 10.7. The summed E-state index contributed by atoms with van der Waals surface area (Å²) in [4.78, 5) is 18.9. The Kier molecular flexibility index (Phi) is 4.20. The first-order valence-corrected chi connectivity index (χ1v) is 7.40. The van der Waals surface area contributed by atoms with Crippen molar-refractivity contribution in [3.05, 3.63) is 47.5 Å². The molecule has 1 aliphatic heterocycles. The third-order valence-electron chi connectivity index (χ3n) is 4.10. The normalized spacial score (nSPS) is 21.3. The van der Waals surface area contributed by atoms with Gasteiger partial charge in [0.1, 0.15) is 5.69 Å². The number of ether oxygens (including phenoxy) is 1. The summed E-state index contributed by atoms with van der Waals surface area (Å²) in [6.07, 6.45) is 1.79. The average molecular weight is 300 g/mol. The van der Waals surface area contributed by atoms with Crippen LogP contribution in [0.4, 0.5) is 0 Å². The summed E-state index contributed by atoms with van der Waals surface area (Å²) >= 11 is 0. The fourth-order valence-electron chi connectivity index (χ4n) is 3.04. The Balaban J connectivity index is 1.79. The van der Waals surface area contributed by atoms with Gasteiger partial charge in [0.25, 0.3) is 5.91 Å². The predicted octanol–water partition coefficient (Wildman–Crippen LogP) is 1.62. The lowest BCUT2D eigenvalue weighted by Crippen LogP contribution is -2.29. The van der Waals surface area contributed by atoms with Crippen LogP contribution in [0.3, 0.4) is 0 Å². The van der Waals surface area contributed by atoms with E-state index in [9.17, 15) is 4.79 Å². The van der Waals surface area contributed by atoms with Crippen LogP contribution >= 0.6 is 0 Å². The second kappa shape index (κ2) is 6.27. The molecule has 6 heteroatoms. The first kappa shape index (κ1) is 14.7. The highest BCUT2D eigenvalue weighted by Gasteiger charge is 2.37. The molecule has 6 nitrogen and oxygen atoms in total. The number of likely N-dealkylation sites (tertiary alicyclic amines) is 1. The summed E-state index contributed by atoms with van der Waals surface area (Å²) < 4.78 is 5.33. The molecule has 0 saturated carbocycles. The fourth-order valence-corrected chi connectivity index (χ4v) is 3.04. The van der Waals surface area contributed by atoms with E-state index >= 15 is 0 Å². The summed E-state index contributed by atoms with van der Waals surface area (Å²) in [7, 11) is 1.69. The van der Waals surface area contributed by atoms with Gasteiger partial charge in [-0.15, -0.1) is 0 Å². The number of hydrogen-bond donors (Lipinski definition) is 1. The number of hydrogen-bond acceptors (Lipinski definition) is 4. The molecule has 0 bridgehead atoms. The van der Waals surface area contributed by atoms with E-state index in [0.29, 0.717) is 25.4 Å². The van der Waals surface area contributed by atoms with E-state index < -0.39 is 0 Å². The Morgan fingerprint density at radius 2 is 2.32 bits per heavy atom. The van der Waals surface area contributed by atoms with Crippen LogP contribution in [0.1, 0.15) is 27.8 Å². The summed E-state index contributed by atoms with van der Waals surface area (Å²) in [6, 6.07) is 7.68. The van der Waals surface area contributed by atoms with Gasteiger partial charge >= 0.3 is 0 Å². The van der Waals surface area contributed by atoms with Crippen molar-refractivity contribution in [2.75, 3.05) is 26.8 Å². The minimum absolute atomic E-state index is 0.0381. The van der Waals surface area contributed by atoms with Crippen LogP contribution in [0.25, 0.3) is 0 Å². The van der Waals surface area contributed by atoms with Crippen LogP contribution in [-0.4, -0.2) is 52.8 Å². The molecule has 1 saturated heterocycles. The molecule has 0 aromatic carbocycles. The van der Waals surface area contributed by atoms with E-state index in [1.807, 2.05) is 30.0 Å². The van der Waals surface area contributed by atoms with Gasteiger partial charge in [0.05, 0.1) is 6.61 Å². The van der Waals surface area contributed by atoms with Gasteiger partial charge in [-0.2, -0.15) is 5.10 Å². The first-order valence-electron chi connectivity index (χ1n) is 7.40. The van der Waals surface area contributed by atoms with Gasteiger partial charge in [-0.25, -0.2) is 0 Å². The number of nitrogens with one attached hydrogen (secondary N) is 1. The largest absolute Gasteiger partial charge is 0.384 e. The smallest absolute Gasteiger partial charge is 0.274 e. The summed E-state index contributed by atoms with van der Waals surface area (Å²) in [5, 5.41) is 6.88. The highest BCUT2D eigenvalue weighted by molar-refractivity contribution is 5.92. The van der Waals surface area contributed by atoms with Crippen LogP contribution in [0.2, 0.25) is 0 Å². The van der Waals surface area contributed by atoms with Crippen LogP contribution in [0.15, 0.2) is 30.5 Å². The molecule has 0 radical (unpaired) electrons. The molecular weight excluding hydrogens is 280 g/mol. The highest BCUT2D eigenvalue weighted by atomic mass is 16.5. The van der Waals surface area contributed by atoms with Gasteiger partial charge in [0.15, 0.2) is 0 Å². The number of methoxy groups -OCH3 is 1. The van der Waals surface area contributed by atoms with Crippen LogP contribution in [0, 0.1) is 12.8 Å².